The van der Waals surface area contributed by atoms with Gasteiger partial charge >= 0.3 is 0 Å². The number of imidazole rings is 1. The molecule has 0 unspecified atom stereocenters. The van der Waals surface area contributed by atoms with Crippen LogP contribution in [0.15, 0.2) is 150 Å². The van der Waals surface area contributed by atoms with Crippen LogP contribution in [0.25, 0.3) is 82.7 Å². The van der Waals surface area contributed by atoms with Crippen LogP contribution >= 0.6 is 0 Å². The Kier molecular flexibility index (Phi) is 4.90. The van der Waals surface area contributed by atoms with Crippen molar-refractivity contribution in [2.75, 3.05) is 0 Å². The van der Waals surface area contributed by atoms with Gasteiger partial charge in [0.15, 0.2) is 0 Å². The summed E-state index contributed by atoms with van der Waals surface area (Å²) in [4.78, 5) is 5.18. The summed E-state index contributed by atoms with van der Waals surface area (Å²) in [5.41, 5.74) is 8.29. The Labute approximate surface area is 241 Å². The van der Waals surface area contributed by atoms with Crippen LogP contribution in [0.3, 0.4) is 0 Å². The van der Waals surface area contributed by atoms with Crippen LogP contribution < -0.4 is 0 Å². The van der Waals surface area contributed by atoms with Gasteiger partial charge in [0, 0.05) is 21.9 Å². The van der Waals surface area contributed by atoms with Crippen LogP contribution in [0.2, 0.25) is 0 Å². The molecule has 196 valence electrons. The molecule has 0 aliphatic heterocycles. The van der Waals surface area contributed by atoms with E-state index in [0.29, 0.717) is 0 Å². The number of benzene rings is 7. The van der Waals surface area contributed by atoms with Crippen LogP contribution in [-0.4, -0.2) is 9.55 Å². The van der Waals surface area contributed by atoms with Crippen LogP contribution in [0.5, 0.6) is 0 Å². The Morgan fingerprint density at radius 1 is 0.476 bits per heavy atom. The van der Waals surface area contributed by atoms with Crippen molar-refractivity contribution < 1.29 is 4.42 Å². The van der Waals surface area contributed by atoms with Gasteiger partial charge in [-0.25, -0.2) is 4.98 Å². The fraction of sp³-hybridized carbons (Fsp3) is 0. The zero-order valence-corrected chi connectivity index (χ0v) is 22.7. The van der Waals surface area contributed by atoms with E-state index in [0.717, 1.165) is 55.6 Å². The Hall–Kier alpha value is -5.67. The molecule has 2 heterocycles. The maximum absolute atomic E-state index is 6.42. The fourth-order valence-corrected chi connectivity index (χ4v) is 6.41. The largest absolute Gasteiger partial charge is 0.456 e. The average Bonchev–Trinajstić information content (AvgIpc) is 3.62. The summed E-state index contributed by atoms with van der Waals surface area (Å²) in [5.74, 6) is 0.905. The minimum Gasteiger partial charge on any atom is -0.456 e. The van der Waals surface area contributed by atoms with E-state index in [2.05, 4.69) is 144 Å². The summed E-state index contributed by atoms with van der Waals surface area (Å²) in [5, 5.41) is 7.09. The number of rotatable bonds is 3. The van der Waals surface area contributed by atoms with Crippen molar-refractivity contribution in [3.8, 4) is 28.2 Å². The number of hydrogen-bond donors (Lipinski definition) is 0. The molecule has 9 rings (SSSR count). The summed E-state index contributed by atoms with van der Waals surface area (Å²) in [6.45, 7) is 0. The molecule has 3 heteroatoms. The van der Waals surface area contributed by atoms with Gasteiger partial charge in [-0.05, 0) is 75.6 Å². The van der Waals surface area contributed by atoms with Gasteiger partial charge in [-0.3, -0.25) is 4.57 Å². The third-order valence-electron chi connectivity index (χ3n) is 8.38. The molecule has 7 aromatic carbocycles. The molecule has 0 saturated carbocycles. The normalized spacial score (nSPS) is 11.8. The second-order valence-corrected chi connectivity index (χ2v) is 10.8. The SMILES string of the molecule is c1ccc(-c2ccccc2-n2c(-c3ccc4oc5cc6c(ccc7ccccc76)cc5c4c3)nc3ccccc32)cc1. The lowest BCUT2D eigenvalue weighted by Gasteiger charge is -2.15. The smallest absolute Gasteiger partial charge is 0.145 e. The summed E-state index contributed by atoms with van der Waals surface area (Å²) in [6, 6.07) is 51.3. The Morgan fingerprint density at radius 3 is 2.19 bits per heavy atom. The molecule has 0 radical (unpaired) electrons. The van der Waals surface area contributed by atoms with Crippen LogP contribution in [-0.2, 0) is 0 Å². The number of furan rings is 1. The number of fused-ring (bicyclic) bond motifs is 7. The van der Waals surface area contributed by atoms with Crippen molar-refractivity contribution in [3.63, 3.8) is 0 Å². The van der Waals surface area contributed by atoms with Crippen LogP contribution in [0, 0.1) is 0 Å². The second-order valence-electron chi connectivity index (χ2n) is 10.8. The first kappa shape index (κ1) is 23.1. The van der Waals surface area contributed by atoms with Crippen LogP contribution in [0.1, 0.15) is 0 Å². The van der Waals surface area contributed by atoms with Gasteiger partial charge < -0.3 is 4.42 Å². The van der Waals surface area contributed by atoms with E-state index < -0.39 is 0 Å². The molecule has 0 fully saturated rings. The monoisotopic (exact) mass is 536 g/mol. The first-order valence-electron chi connectivity index (χ1n) is 14.2. The summed E-state index contributed by atoms with van der Waals surface area (Å²) >= 11 is 0. The lowest BCUT2D eigenvalue weighted by atomic mass is 9.99. The van der Waals surface area contributed by atoms with Crippen molar-refractivity contribution in [1.29, 1.82) is 0 Å². The molecule has 0 atom stereocenters. The number of nitrogens with zero attached hydrogens (tertiary/aromatic N) is 2. The fourth-order valence-electron chi connectivity index (χ4n) is 6.41. The Morgan fingerprint density at radius 2 is 1.24 bits per heavy atom. The molecule has 0 aliphatic rings. The van der Waals surface area contributed by atoms with Gasteiger partial charge in [-0.1, -0.05) is 97.1 Å². The molecule has 0 spiro atoms. The minimum atomic E-state index is 0.876. The van der Waals surface area contributed by atoms with Crippen molar-refractivity contribution in [2.24, 2.45) is 0 Å². The molecule has 2 aromatic heterocycles. The molecule has 42 heavy (non-hydrogen) atoms. The quantitative estimate of drug-likeness (QED) is 0.210. The molecule has 3 nitrogen and oxygen atoms in total. The van der Waals surface area contributed by atoms with E-state index in [9.17, 15) is 0 Å². The van der Waals surface area contributed by atoms with Crippen molar-refractivity contribution in [3.05, 3.63) is 146 Å². The first-order valence-corrected chi connectivity index (χ1v) is 14.2. The second kappa shape index (κ2) is 8.92. The molecular formula is C39H24N2O. The first-order chi connectivity index (χ1) is 20.8. The van der Waals surface area contributed by atoms with E-state index in [4.69, 9.17) is 9.40 Å². The van der Waals surface area contributed by atoms with E-state index >= 15 is 0 Å². The predicted molar refractivity (Wildman–Crippen MR) is 174 cm³/mol. The zero-order valence-electron chi connectivity index (χ0n) is 22.7. The molecule has 0 saturated heterocycles. The molecule has 0 amide bonds. The van der Waals surface area contributed by atoms with Gasteiger partial charge in [0.2, 0.25) is 0 Å². The van der Waals surface area contributed by atoms with E-state index in [1.165, 1.54) is 27.1 Å². The Balaban J connectivity index is 1.30. The Bertz CT molecular complexity index is 2470. The highest BCUT2D eigenvalue weighted by Crippen LogP contribution is 2.39. The van der Waals surface area contributed by atoms with Gasteiger partial charge in [-0.15, -0.1) is 0 Å². The highest BCUT2D eigenvalue weighted by molar-refractivity contribution is 6.16. The third-order valence-corrected chi connectivity index (χ3v) is 8.38. The topological polar surface area (TPSA) is 31.0 Å². The predicted octanol–water partition coefficient (Wildman–Crippen LogP) is 10.6. The van der Waals surface area contributed by atoms with E-state index in [-0.39, 0.29) is 0 Å². The van der Waals surface area contributed by atoms with E-state index in [1.807, 2.05) is 6.07 Å². The standard InChI is InChI=1S/C39H24N2O/c1-2-10-25(11-3-1)30-14-6-8-16-35(30)41-36-17-9-7-15-34(36)40-39(41)28-20-21-37-32(23-28)33-22-27-19-18-26-12-4-5-13-29(26)31(27)24-38(33)42-37/h1-24H. The van der Waals surface area contributed by atoms with E-state index in [1.54, 1.807) is 0 Å². The number of hydrogen-bond acceptors (Lipinski definition) is 2. The summed E-state index contributed by atoms with van der Waals surface area (Å²) in [6.07, 6.45) is 0. The lowest BCUT2D eigenvalue weighted by Crippen LogP contribution is -2.00. The van der Waals surface area contributed by atoms with Crippen molar-refractivity contribution >= 4 is 54.5 Å². The van der Waals surface area contributed by atoms with Gasteiger partial charge in [0.25, 0.3) is 0 Å². The molecule has 0 aliphatic carbocycles. The van der Waals surface area contributed by atoms with Crippen molar-refractivity contribution in [1.82, 2.24) is 9.55 Å². The van der Waals surface area contributed by atoms with Gasteiger partial charge in [0.1, 0.15) is 17.0 Å². The molecule has 0 N–H and O–H groups in total. The minimum absolute atomic E-state index is 0.876. The van der Waals surface area contributed by atoms with Crippen LogP contribution in [0.4, 0.5) is 0 Å². The summed E-state index contributed by atoms with van der Waals surface area (Å²) in [7, 11) is 0. The van der Waals surface area contributed by atoms with Gasteiger partial charge in [-0.2, -0.15) is 0 Å². The lowest BCUT2D eigenvalue weighted by molar-refractivity contribution is 0.669. The van der Waals surface area contributed by atoms with Crippen molar-refractivity contribution in [2.45, 2.75) is 0 Å². The highest BCUT2D eigenvalue weighted by Gasteiger charge is 2.19. The highest BCUT2D eigenvalue weighted by atomic mass is 16.3. The third kappa shape index (κ3) is 3.44. The molecule has 0 bridgehead atoms. The summed E-state index contributed by atoms with van der Waals surface area (Å²) < 4.78 is 8.72. The molecular weight excluding hydrogens is 512 g/mol. The maximum atomic E-state index is 6.42. The maximum Gasteiger partial charge on any atom is 0.145 e. The average molecular weight is 537 g/mol. The number of aromatic nitrogens is 2. The number of para-hydroxylation sites is 3. The van der Waals surface area contributed by atoms with Gasteiger partial charge in [0.05, 0.1) is 16.7 Å². The molecule has 9 aromatic rings. The zero-order chi connectivity index (χ0) is 27.6.